The molecule has 0 spiro atoms. The van der Waals surface area contributed by atoms with E-state index in [9.17, 15) is 4.79 Å². The molecule has 3 N–H and O–H groups in total. The molecule has 1 atom stereocenters. The smallest absolute Gasteiger partial charge is 0.319 e. The second-order valence-corrected chi connectivity index (χ2v) is 5.45. The van der Waals surface area contributed by atoms with Crippen LogP contribution in [0.25, 0.3) is 0 Å². The fourth-order valence-corrected chi connectivity index (χ4v) is 2.20. The van der Waals surface area contributed by atoms with Crippen LogP contribution in [-0.4, -0.2) is 22.5 Å². The van der Waals surface area contributed by atoms with E-state index in [-0.39, 0.29) is 6.03 Å². The van der Waals surface area contributed by atoms with Crippen LogP contribution in [0, 0.1) is 0 Å². The van der Waals surface area contributed by atoms with Crippen LogP contribution in [0.5, 0.6) is 0 Å². The molecule has 0 bridgehead atoms. The Kier molecular flexibility index (Phi) is 6.01. The van der Waals surface area contributed by atoms with Gasteiger partial charge in [0.05, 0.1) is 0 Å². The van der Waals surface area contributed by atoms with Gasteiger partial charge in [0, 0.05) is 31.0 Å². The molecule has 5 heteroatoms. The number of amides is 2. The van der Waals surface area contributed by atoms with Crippen LogP contribution >= 0.6 is 0 Å². The Labute approximate surface area is 131 Å². The van der Waals surface area contributed by atoms with E-state index in [0.717, 1.165) is 30.8 Å². The third kappa shape index (κ3) is 4.91. The summed E-state index contributed by atoms with van der Waals surface area (Å²) in [5, 5.41) is 5.70. The van der Waals surface area contributed by atoms with Gasteiger partial charge in [-0.15, -0.1) is 0 Å². The molecular formula is C17H24N4O. The van der Waals surface area contributed by atoms with Crippen LogP contribution in [-0.2, 0) is 6.42 Å². The SMILES string of the molecule is CCC(C)c1ccc(NC(=O)NCCCc2ncc[nH]2)cc1. The summed E-state index contributed by atoms with van der Waals surface area (Å²) in [5.74, 6) is 1.49. The average molecular weight is 300 g/mol. The van der Waals surface area contributed by atoms with Gasteiger partial charge in [-0.25, -0.2) is 9.78 Å². The van der Waals surface area contributed by atoms with Gasteiger partial charge in [0.2, 0.25) is 0 Å². The number of imidazole rings is 1. The molecule has 0 aliphatic rings. The molecule has 5 nitrogen and oxygen atoms in total. The number of nitrogens with one attached hydrogen (secondary N) is 3. The van der Waals surface area contributed by atoms with E-state index in [2.05, 4.69) is 46.6 Å². The zero-order valence-corrected chi connectivity index (χ0v) is 13.2. The quantitative estimate of drug-likeness (QED) is 0.683. The summed E-state index contributed by atoms with van der Waals surface area (Å²) in [4.78, 5) is 19.0. The molecule has 2 rings (SSSR count). The van der Waals surface area contributed by atoms with Crippen LogP contribution < -0.4 is 10.6 Å². The fourth-order valence-electron chi connectivity index (χ4n) is 2.20. The van der Waals surface area contributed by atoms with Gasteiger partial charge < -0.3 is 15.6 Å². The average Bonchev–Trinajstić information content (AvgIpc) is 3.05. The highest BCUT2D eigenvalue weighted by atomic mass is 16.2. The van der Waals surface area contributed by atoms with E-state index in [0.29, 0.717) is 12.5 Å². The highest BCUT2D eigenvalue weighted by Crippen LogP contribution is 2.20. The van der Waals surface area contributed by atoms with Gasteiger partial charge in [-0.05, 0) is 36.5 Å². The predicted molar refractivity (Wildman–Crippen MR) is 89.1 cm³/mol. The molecule has 22 heavy (non-hydrogen) atoms. The highest BCUT2D eigenvalue weighted by molar-refractivity contribution is 5.89. The Hall–Kier alpha value is -2.30. The number of aromatic nitrogens is 2. The van der Waals surface area contributed by atoms with E-state index in [4.69, 9.17) is 0 Å². The van der Waals surface area contributed by atoms with Crippen molar-refractivity contribution in [2.75, 3.05) is 11.9 Å². The number of aryl methyl sites for hydroxylation is 1. The first kappa shape index (κ1) is 16.1. The van der Waals surface area contributed by atoms with Crippen molar-refractivity contribution in [3.05, 3.63) is 48.0 Å². The van der Waals surface area contributed by atoms with Crippen molar-refractivity contribution in [3.8, 4) is 0 Å². The molecule has 0 aliphatic carbocycles. The van der Waals surface area contributed by atoms with Crippen molar-refractivity contribution in [1.29, 1.82) is 0 Å². The summed E-state index contributed by atoms with van der Waals surface area (Å²) in [5.41, 5.74) is 2.11. The minimum Gasteiger partial charge on any atom is -0.349 e. The van der Waals surface area contributed by atoms with Crippen molar-refractivity contribution in [1.82, 2.24) is 15.3 Å². The first-order valence-corrected chi connectivity index (χ1v) is 7.82. The maximum Gasteiger partial charge on any atom is 0.319 e. The van der Waals surface area contributed by atoms with Crippen LogP contribution in [0.1, 0.15) is 44.0 Å². The molecule has 0 saturated carbocycles. The van der Waals surface area contributed by atoms with Crippen molar-refractivity contribution >= 4 is 11.7 Å². The zero-order chi connectivity index (χ0) is 15.8. The second-order valence-electron chi connectivity index (χ2n) is 5.45. The Balaban J connectivity index is 1.70. The third-order valence-corrected chi connectivity index (χ3v) is 3.78. The van der Waals surface area contributed by atoms with E-state index < -0.39 is 0 Å². The number of nitrogens with zero attached hydrogens (tertiary/aromatic N) is 1. The number of anilines is 1. The molecule has 2 aromatic rings. The number of carbonyl (C=O) groups is 1. The molecule has 0 fully saturated rings. The summed E-state index contributed by atoms with van der Waals surface area (Å²) in [6.45, 7) is 5.00. The van der Waals surface area contributed by atoms with Crippen molar-refractivity contribution in [2.24, 2.45) is 0 Å². The fraction of sp³-hybridized carbons (Fsp3) is 0.412. The van der Waals surface area contributed by atoms with Gasteiger partial charge >= 0.3 is 6.03 Å². The van der Waals surface area contributed by atoms with Gasteiger partial charge in [0.15, 0.2) is 0 Å². The van der Waals surface area contributed by atoms with E-state index in [1.165, 1.54) is 5.56 Å². The maximum absolute atomic E-state index is 11.8. The first-order valence-electron chi connectivity index (χ1n) is 7.82. The van der Waals surface area contributed by atoms with Gasteiger partial charge in [-0.3, -0.25) is 0 Å². The van der Waals surface area contributed by atoms with Crippen molar-refractivity contribution in [3.63, 3.8) is 0 Å². The lowest BCUT2D eigenvalue weighted by Crippen LogP contribution is -2.29. The van der Waals surface area contributed by atoms with Crippen molar-refractivity contribution in [2.45, 2.75) is 39.0 Å². The number of urea groups is 1. The van der Waals surface area contributed by atoms with Crippen LogP contribution in [0.2, 0.25) is 0 Å². The standard InChI is InChI=1S/C17H24N4O/c1-3-13(2)14-6-8-15(9-7-14)21-17(22)20-10-4-5-16-18-11-12-19-16/h6-9,11-13H,3-5,10H2,1-2H3,(H,18,19)(H2,20,21,22). The molecule has 0 aliphatic heterocycles. The minimum atomic E-state index is -0.171. The Morgan fingerprint density at radius 2 is 2.09 bits per heavy atom. The number of H-pyrrole nitrogens is 1. The second kappa shape index (κ2) is 8.22. The summed E-state index contributed by atoms with van der Waals surface area (Å²) in [7, 11) is 0. The topological polar surface area (TPSA) is 69.8 Å². The Bertz CT molecular complexity index is 563. The van der Waals surface area contributed by atoms with E-state index in [1.807, 2.05) is 12.1 Å². The lowest BCUT2D eigenvalue weighted by atomic mass is 9.99. The van der Waals surface area contributed by atoms with Crippen LogP contribution in [0.4, 0.5) is 10.5 Å². The lowest BCUT2D eigenvalue weighted by Gasteiger charge is -2.11. The van der Waals surface area contributed by atoms with Gasteiger partial charge in [0.1, 0.15) is 5.82 Å². The zero-order valence-electron chi connectivity index (χ0n) is 13.2. The number of carbonyl (C=O) groups excluding carboxylic acids is 1. The number of rotatable bonds is 7. The van der Waals surface area contributed by atoms with E-state index in [1.54, 1.807) is 12.4 Å². The molecular weight excluding hydrogens is 276 g/mol. The number of hydrogen-bond donors (Lipinski definition) is 3. The van der Waals surface area contributed by atoms with E-state index >= 15 is 0 Å². The monoisotopic (exact) mass is 300 g/mol. The summed E-state index contributed by atoms with van der Waals surface area (Å²) < 4.78 is 0. The maximum atomic E-state index is 11.8. The molecule has 1 unspecified atom stereocenters. The largest absolute Gasteiger partial charge is 0.349 e. The Morgan fingerprint density at radius 3 is 2.73 bits per heavy atom. The molecule has 2 amide bonds. The number of hydrogen-bond acceptors (Lipinski definition) is 2. The van der Waals surface area contributed by atoms with Gasteiger partial charge in [-0.1, -0.05) is 26.0 Å². The predicted octanol–water partition coefficient (Wildman–Crippen LogP) is 3.68. The lowest BCUT2D eigenvalue weighted by molar-refractivity contribution is 0.252. The highest BCUT2D eigenvalue weighted by Gasteiger charge is 2.04. The number of benzene rings is 1. The molecule has 118 valence electrons. The summed E-state index contributed by atoms with van der Waals surface area (Å²) >= 11 is 0. The molecule has 1 aromatic carbocycles. The minimum absolute atomic E-state index is 0.171. The molecule has 1 aromatic heterocycles. The number of aromatic amines is 1. The van der Waals surface area contributed by atoms with Crippen molar-refractivity contribution < 1.29 is 4.79 Å². The third-order valence-electron chi connectivity index (χ3n) is 3.78. The normalized spacial score (nSPS) is 11.9. The molecule has 1 heterocycles. The van der Waals surface area contributed by atoms with Gasteiger partial charge in [-0.2, -0.15) is 0 Å². The van der Waals surface area contributed by atoms with Crippen LogP contribution in [0.3, 0.4) is 0 Å². The summed E-state index contributed by atoms with van der Waals surface area (Å²) in [6.07, 6.45) is 6.34. The van der Waals surface area contributed by atoms with Crippen LogP contribution in [0.15, 0.2) is 36.7 Å². The summed E-state index contributed by atoms with van der Waals surface area (Å²) in [6, 6.07) is 7.87. The Morgan fingerprint density at radius 1 is 1.32 bits per heavy atom. The molecule has 0 radical (unpaired) electrons. The molecule has 0 saturated heterocycles. The van der Waals surface area contributed by atoms with Gasteiger partial charge in [0.25, 0.3) is 0 Å². The first-order chi connectivity index (χ1) is 10.7.